The van der Waals surface area contributed by atoms with Crippen molar-refractivity contribution in [3.8, 4) is 5.75 Å². The molecule has 8 nitrogen and oxygen atoms in total. The van der Waals surface area contributed by atoms with Crippen LogP contribution >= 0.6 is 0 Å². The van der Waals surface area contributed by atoms with Gasteiger partial charge in [-0.05, 0) is 64.8 Å². The molecule has 3 aromatic carbocycles. The van der Waals surface area contributed by atoms with Crippen molar-refractivity contribution in [1.82, 2.24) is 25.2 Å². The monoisotopic (exact) mass is 471 g/mol. The van der Waals surface area contributed by atoms with Gasteiger partial charge in [-0.15, -0.1) is 0 Å². The normalized spacial score (nSPS) is 24.9. The lowest BCUT2D eigenvalue weighted by molar-refractivity contribution is 0.0629. The van der Waals surface area contributed by atoms with Gasteiger partial charge in [0.05, 0.1) is 12.7 Å². The van der Waals surface area contributed by atoms with E-state index in [2.05, 4.69) is 15.4 Å². The number of fused-ring (bicyclic) bond motifs is 6. The van der Waals surface area contributed by atoms with Crippen LogP contribution in [0.2, 0.25) is 0 Å². The van der Waals surface area contributed by atoms with Crippen LogP contribution in [0, 0.1) is 23.7 Å². The summed E-state index contributed by atoms with van der Waals surface area (Å²) in [6, 6.07) is 17.4. The minimum absolute atomic E-state index is 0. The van der Waals surface area contributed by atoms with E-state index in [0.717, 1.165) is 42.5 Å². The number of benzene rings is 3. The first-order valence-corrected chi connectivity index (χ1v) is 12.1. The summed E-state index contributed by atoms with van der Waals surface area (Å²) in [5.41, 5.74) is 2.73. The zero-order valence-corrected chi connectivity index (χ0v) is 19.3. The summed E-state index contributed by atoms with van der Waals surface area (Å²) in [5.74, 6) is 2.52. The second-order valence-electron chi connectivity index (χ2n) is 10.0. The molecule has 4 atom stereocenters. The van der Waals surface area contributed by atoms with Crippen molar-refractivity contribution >= 4 is 33.6 Å². The van der Waals surface area contributed by atoms with Crippen molar-refractivity contribution in [2.75, 3.05) is 33.3 Å². The third kappa shape index (κ3) is 3.05. The van der Waals surface area contributed by atoms with E-state index >= 15 is 0 Å². The van der Waals surface area contributed by atoms with E-state index in [9.17, 15) is 9.59 Å². The number of likely N-dealkylation sites (tertiary alicyclic amines) is 2. The molecule has 7 rings (SSSR count). The second-order valence-corrected chi connectivity index (χ2v) is 10.0. The first kappa shape index (κ1) is 20.4. The van der Waals surface area contributed by atoms with Gasteiger partial charge >= 0.3 is 0 Å². The Morgan fingerprint density at radius 1 is 0.829 bits per heavy atom. The van der Waals surface area contributed by atoms with Gasteiger partial charge < -0.3 is 14.5 Å². The number of aromatic amines is 1. The molecule has 1 aromatic heterocycles. The highest BCUT2D eigenvalue weighted by Crippen LogP contribution is 2.54. The number of amides is 2. The molecule has 0 spiro atoms. The largest absolute Gasteiger partial charge is 0.496 e. The summed E-state index contributed by atoms with van der Waals surface area (Å²) in [5, 5.41) is 12.9. The number of carbonyl (C=O) groups excluding carboxylic acids is 2. The molecule has 180 valence electrons. The van der Waals surface area contributed by atoms with Crippen molar-refractivity contribution in [1.29, 1.82) is 0 Å². The van der Waals surface area contributed by atoms with Crippen molar-refractivity contribution in [2.45, 2.75) is 0 Å². The van der Waals surface area contributed by atoms with E-state index in [1.165, 1.54) is 0 Å². The van der Waals surface area contributed by atoms with E-state index < -0.39 is 0 Å². The Morgan fingerprint density at radius 2 is 1.43 bits per heavy atom. The Hall–Kier alpha value is -3.94. The molecule has 2 aliphatic heterocycles. The predicted molar refractivity (Wildman–Crippen MR) is 134 cm³/mol. The molecule has 1 N–H and O–H groups in total. The Labute approximate surface area is 204 Å². The average molecular weight is 472 g/mol. The standard InChI is InChI=1S/C27H25N5O3.2H2/c1-35-25-10-16-5-3-2-4-15(16)8-18(25)27(34)32-13-21-19-11-31(12-20(19)22(21)14-32)26(33)17-6-7-23-24(9-17)29-30-28-23;;/h2-10,19-22H,11-14H2,1H3,(H,28,29,30);2*1H/t19-,20+,21?,22?;;. The van der Waals surface area contributed by atoms with Crippen molar-refractivity contribution in [3.63, 3.8) is 0 Å². The molecule has 2 saturated heterocycles. The number of hydrogen-bond donors (Lipinski definition) is 1. The zero-order chi connectivity index (χ0) is 23.7. The van der Waals surface area contributed by atoms with E-state index in [1.54, 1.807) is 13.2 Å². The number of aromatic nitrogens is 3. The number of rotatable bonds is 3. The maximum Gasteiger partial charge on any atom is 0.257 e. The lowest BCUT2D eigenvalue weighted by Crippen LogP contribution is -2.44. The first-order valence-electron chi connectivity index (χ1n) is 12.1. The third-order valence-electron chi connectivity index (χ3n) is 8.36. The summed E-state index contributed by atoms with van der Waals surface area (Å²) >= 11 is 0. The van der Waals surface area contributed by atoms with Gasteiger partial charge in [-0.3, -0.25) is 9.59 Å². The molecule has 4 aromatic rings. The lowest BCUT2D eigenvalue weighted by Gasteiger charge is -2.42. The minimum Gasteiger partial charge on any atom is -0.496 e. The lowest BCUT2D eigenvalue weighted by atomic mass is 9.60. The summed E-state index contributed by atoms with van der Waals surface area (Å²) in [7, 11) is 1.62. The number of H-pyrrole nitrogens is 1. The Kier molecular flexibility index (Phi) is 4.40. The van der Waals surface area contributed by atoms with Crippen molar-refractivity contribution < 1.29 is 17.2 Å². The third-order valence-corrected chi connectivity index (χ3v) is 8.36. The van der Waals surface area contributed by atoms with Crippen molar-refractivity contribution in [2.24, 2.45) is 23.7 Å². The highest BCUT2D eigenvalue weighted by molar-refractivity contribution is 6.02. The van der Waals surface area contributed by atoms with Crippen LogP contribution in [0.5, 0.6) is 5.75 Å². The fourth-order valence-corrected chi connectivity index (χ4v) is 6.59. The van der Waals surface area contributed by atoms with Crippen LogP contribution in [0.25, 0.3) is 21.8 Å². The smallest absolute Gasteiger partial charge is 0.257 e. The van der Waals surface area contributed by atoms with Crippen LogP contribution < -0.4 is 4.74 Å². The Morgan fingerprint density at radius 3 is 2.09 bits per heavy atom. The molecule has 2 amide bonds. The van der Waals surface area contributed by atoms with Crippen LogP contribution in [-0.4, -0.2) is 70.3 Å². The van der Waals surface area contributed by atoms with Crippen LogP contribution in [-0.2, 0) is 0 Å². The van der Waals surface area contributed by atoms with Crippen LogP contribution in [0.4, 0.5) is 0 Å². The molecule has 3 aliphatic rings. The molecule has 1 aliphatic carbocycles. The quantitative estimate of drug-likeness (QED) is 0.492. The predicted octanol–water partition coefficient (Wildman–Crippen LogP) is 3.70. The first-order chi connectivity index (χ1) is 17.1. The number of methoxy groups -OCH3 is 1. The highest BCUT2D eigenvalue weighted by atomic mass is 16.5. The van der Waals surface area contributed by atoms with E-state index in [0.29, 0.717) is 46.1 Å². The summed E-state index contributed by atoms with van der Waals surface area (Å²) in [6.45, 7) is 2.99. The topological polar surface area (TPSA) is 91.4 Å². The molecule has 35 heavy (non-hydrogen) atoms. The highest BCUT2D eigenvalue weighted by Gasteiger charge is 2.59. The molecular formula is C27H29N5O3. The fraction of sp³-hybridized carbons (Fsp3) is 0.333. The molecule has 2 unspecified atom stereocenters. The van der Waals surface area contributed by atoms with Crippen molar-refractivity contribution in [3.05, 3.63) is 65.7 Å². The summed E-state index contributed by atoms with van der Waals surface area (Å²) in [6.07, 6.45) is 0. The van der Waals surface area contributed by atoms with Gasteiger partial charge in [0.25, 0.3) is 11.8 Å². The average Bonchev–Trinajstić information content (AvgIpc) is 3.61. The molecule has 8 heteroatoms. The van der Waals surface area contributed by atoms with Gasteiger partial charge in [0, 0.05) is 34.6 Å². The number of nitrogens with zero attached hydrogens (tertiary/aromatic N) is 4. The maximum atomic E-state index is 13.5. The summed E-state index contributed by atoms with van der Waals surface area (Å²) < 4.78 is 5.58. The van der Waals surface area contributed by atoms with Gasteiger partial charge in [0.1, 0.15) is 16.8 Å². The number of hydrogen-bond acceptors (Lipinski definition) is 5. The molecule has 0 radical (unpaired) electrons. The molecule has 3 heterocycles. The van der Waals surface area contributed by atoms with Crippen LogP contribution in [0.15, 0.2) is 54.6 Å². The van der Waals surface area contributed by atoms with E-state index in [1.807, 2.05) is 58.3 Å². The van der Waals surface area contributed by atoms with Crippen LogP contribution in [0.1, 0.15) is 23.6 Å². The van der Waals surface area contributed by atoms with Gasteiger partial charge in [-0.1, -0.05) is 24.3 Å². The number of ether oxygens (including phenoxy) is 1. The Balaban J connectivity index is 0.00000140. The summed E-state index contributed by atoms with van der Waals surface area (Å²) in [4.78, 5) is 30.7. The van der Waals surface area contributed by atoms with Gasteiger partial charge in [0.15, 0.2) is 0 Å². The fourth-order valence-electron chi connectivity index (χ4n) is 6.59. The minimum atomic E-state index is 0. The van der Waals surface area contributed by atoms with E-state index in [4.69, 9.17) is 4.74 Å². The number of carbonyl (C=O) groups is 2. The second kappa shape index (κ2) is 7.53. The van der Waals surface area contributed by atoms with Gasteiger partial charge in [-0.25, -0.2) is 0 Å². The van der Waals surface area contributed by atoms with Gasteiger partial charge in [0.2, 0.25) is 0 Å². The SMILES string of the molecule is COc1cc2ccccc2cc1C(=O)N1CC2C(C1)[C@@H]1CN(C(=O)c3ccc4n[nH]nc4c3)C[C@H]21.[HH].[HH]. The molecule has 0 bridgehead atoms. The van der Waals surface area contributed by atoms with E-state index in [-0.39, 0.29) is 14.7 Å². The molecular weight excluding hydrogens is 442 g/mol. The molecule has 1 saturated carbocycles. The van der Waals surface area contributed by atoms with Gasteiger partial charge in [-0.2, -0.15) is 15.4 Å². The molecule has 3 fully saturated rings. The zero-order valence-electron chi connectivity index (χ0n) is 19.3. The maximum absolute atomic E-state index is 13.5. The Bertz CT molecular complexity index is 1490. The van der Waals surface area contributed by atoms with Crippen LogP contribution in [0.3, 0.4) is 0 Å². The number of nitrogens with one attached hydrogen (secondary N) is 1.